The molecule has 1 atom stereocenters. The third kappa shape index (κ3) is 4.87. The summed E-state index contributed by atoms with van der Waals surface area (Å²) in [6.45, 7) is 6.29. The molecule has 0 saturated heterocycles. The fraction of sp³-hybridized carbons (Fsp3) is 0.269. The van der Waals surface area contributed by atoms with Gasteiger partial charge in [-0.2, -0.15) is 0 Å². The van der Waals surface area contributed by atoms with Gasteiger partial charge < -0.3 is 15.0 Å². The van der Waals surface area contributed by atoms with Gasteiger partial charge in [0.25, 0.3) is 15.9 Å². The van der Waals surface area contributed by atoms with Crippen molar-refractivity contribution < 1.29 is 17.9 Å². The zero-order valence-electron chi connectivity index (χ0n) is 19.3. The van der Waals surface area contributed by atoms with Gasteiger partial charge in [-0.25, -0.2) is 8.42 Å². The molecule has 8 heteroatoms. The molecule has 34 heavy (non-hydrogen) atoms. The molecule has 0 aromatic heterocycles. The molecular weight excluding hydrogens is 450 g/mol. The average molecular weight is 480 g/mol. The van der Waals surface area contributed by atoms with Crippen LogP contribution in [-0.2, 0) is 21.4 Å². The molecular formula is C26H29N3O4S. The van der Waals surface area contributed by atoms with E-state index in [-0.39, 0.29) is 17.3 Å². The van der Waals surface area contributed by atoms with E-state index in [4.69, 9.17) is 4.74 Å². The lowest BCUT2D eigenvalue weighted by molar-refractivity contribution is -0.127. The highest BCUT2D eigenvalue weighted by Gasteiger charge is 2.37. The molecule has 0 spiro atoms. The summed E-state index contributed by atoms with van der Waals surface area (Å²) in [6, 6.07) is 23.1. The maximum Gasteiger partial charge on any atom is 0.264 e. The van der Waals surface area contributed by atoms with Gasteiger partial charge in [0, 0.05) is 25.3 Å². The second kappa shape index (κ2) is 10.2. The van der Waals surface area contributed by atoms with E-state index in [0.29, 0.717) is 18.0 Å². The Kier molecular flexibility index (Phi) is 7.07. The Morgan fingerprint density at radius 2 is 1.62 bits per heavy atom. The molecule has 0 saturated carbocycles. The van der Waals surface area contributed by atoms with Gasteiger partial charge in [0.15, 0.2) is 6.10 Å². The van der Waals surface area contributed by atoms with Crippen molar-refractivity contribution in [3.63, 3.8) is 0 Å². The lowest BCUT2D eigenvalue weighted by Crippen LogP contribution is -2.50. The van der Waals surface area contributed by atoms with Crippen LogP contribution in [0.1, 0.15) is 19.4 Å². The van der Waals surface area contributed by atoms with Crippen molar-refractivity contribution in [2.45, 2.75) is 31.4 Å². The number of carbonyl (C=O) groups excluding carboxylic acids is 1. The van der Waals surface area contributed by atoms with E-state index < -0.39 is 16.1 Å². The van der Waals surface area contributed by atoms with Crippen LogP contribution in [0, 0.1) is 0 Å². The van der Waals surface area contributed by atoms with Crippen LogP contribution in [0.3, 0.4) is 0 Å². The zero-order chi connectivity index (χ0) is 24.1. The minimum atomic E-state index is -3.86. The number of nitrogens with one attached hydrogen (secondary N) is 1. The molecule has 0 unspecified atom stereocenters. The second-order valence-corrected chi connectivity index (χ2v) is 9.84. The van der Waals surface area contributed by atoms with Crippen LogP contribution in [0.2, 0.25) is 0 Å². The SMILES string of the molecule is CCN(CC)c1ccc(CNC(=O)[C@H]2CN(S(=O)(=O)c3ccccc3)c3ccccc3O2)cc1. The predicted molar refractivity (Wildman–Crippen MR) is 134 cm³/mol. The standard InChI is InChI=1S/C26H29N3O4S/c1-3-28(4-2)21-16-14-20(15-17-21)18-27-26(30)25-19-29(23-12-8-9-13-24(23)33-25)34(31,32)22-10-6-5-7-11-22/h5-17,25H,3-4,18-19H2,1-2H3,(H,27,30)/t25-/m1/s1. The van der Waals surface area contributed by atoms with Gasteiger partial charge in [-0.3, -0.25) is 9.10 Å². The molecule has 4 rings (SSSR count). The number of benzene rings is 3. The first-order valence-corrected chi connectivity index (χ1v) is 12.8. The zero-order valence-corrected chi connectivity index (χ0v) is 20.2. The van der Waals surface area contributed by atoms with E-state index in [1.807, 2.05) is 24.3 Å². The number of amides is 1. The molecule has 1 N–H and O–H groups in total. The van der Waals surface area contributed by atoms with E-state index in [0.717, 1.165) is 24.3 Å². The molecule has 7 nitrogen and oxygen atoms in total. The molecule has 0 fully saturated rings. The number of ether oxygens (including phenoxy) is 1. The normalized spacial score (nSPS) is 15.2. The van der Waals surface area contributed by atoms with Crippen LogP contribution in [0.4, 0.5) is 11.4 Å². The van der Waals surface area contributed by atoms with Crippen LogP contribution in [-0.4, -0.2) is 40.1 Å². The summed E-state index contributed by atoms with van der Waals surface area (Å²) in [5, 5.41) is 2.89. The van der Waals surface area contributed by atoms with E-state index in [2.05, 4.69) is 24.1 Å². The number of hydrogen-bond donors (Lipinski definition) is 1. The fourth-order valence-corrected chi connectivity index (χ4v) is 5.50. The van der Waals surface area contributed by atoms with Gasteiger partial charge in [-0.15, -0.1) is 0 Å². The van der Waals surface area contributed by atoms with E-state index >= 15 is 0 Å². The number of nitrogens with zero attached hydrogens (tertiary/aromatic N) is 2. The van der Waals surface area contributed by atoms with Crippen molar-refractivity contribution in [1.29, 1.82) is 0 Å². The largest absolute Gasteiger partial charge is 0.476 e. The minimum absolute atomic E-state index is 0.110. The van der Waals surface area contributed by atoms with Crippen molar-refractivity contribution in [3.8, 4) is 5.75 Å². The van der Waals surface area contributed by atoms with Crippen molar-refractivity contribution in [1.82, 2.24) is 5.32 Å². The van der Waals surface area contributed by atoms with E-state index in [1.165, 1.54) is 4.31 Å². The van der Waals surface area contributed by atoms with Gasteiger partial charge in [-0.1, -0.05) is 42.5 Å². The second-order valence-electron chi connectivity index (χ2n) is 7.98. The van der Waals surface area contributed by atoms with Crippen molar-refractivity contribution in [2.24, 2.45) is 0 Å². The summed E-state index contributed by atoms with van der Waals surface area (Å²) in [4.78, 5) is 15.4. The molecule has 1 amide bonds. The molecule has 0 radical (unpaired) electrons. The Morgan fingerprint density at radius 1 is 0.971 bits per heavy atom. The Morgan fingerprint density at radius 3 is 2.29 bits per heavy atom. The Balaban J connectivity index is 1.50. The lowest BCUT2D eigenvalue weighted by atomic mass is 10.1. The topological polar surface area (TPSA) is 79.0 Å². The summed E-state index contributed by atoms with van der Waals surface area (Å²) in [5.74, 6) is -0.00688. The summed E-state index contributed by atoms with van der Waals surface area (Å²) in [5.41, 5.74) is 2.51. The number of hydrogen-bond acceptors (Lipinski definition) is 5. The molecule has 178 valence electrons. The third-order valence-corrected chi connectivity index (χ3v) is 7.68. The lowest BCUT2D eigenvalue weighted by Gasteiger charge is -2.34. The van der Waals surface area contributed by atoms with Gasteiger partial charge in [0.1, 0.15) is 5.75 Å². The van der Waals surface area contributed by atoms with E-state index in [9.17, 15) is 13.2 Å². The molecule has 0 bridgehead atoms. The number of anilines is 2. The summed E-state index contributed by atoms with van der Waals surface area (Å²) in [7, 11) is -3.86. The predicted octanol–water partition coefficient (Wildman–Crippen LogP) is 3.81. The first-order chi connectivity index (χ1) is 16.4. The summed E-state index contributed by atoms with van der Waals surface area (Å²) in [6.07, 6.45) is -0.969. The molecule has 3 aromatic rings. The molecule has 1 aliphatic heterocycles. The first kappa shape index (κ1) is 23.6. The van der Waals surface area contributed by atoms with Crippen molar-refractivity contribution >= 4 is 27.3 Å². The number of carbonyl (C=O) groups is 1. The maximum absolute atomic E-state index is 13.4. The Labute approximate surface area is 201 Å². The maximum atomic E-state index is 13.4. The molecule has 1 heterocycles. The van der Waals surface area contributed by atoms with Crippen LogP contribution >= 0.6 is 0 Å². The van der Waals surface area contributed by atoms with Crippen LogP contribution in [0.15, 0.2) is 83.8 Å². The fourth-order valence-electron chi connectivity index (χ4n) is 4.00. The summed E-state index contributed by atoms with van der Waals surface area (Å²) >= 11 is 0. The highest BCUT2D eigenvalue weighted by atomic mass is 32.2. The number of para-hydroxylation sites is 2. The Bertz CT molecular complexity index is 1230. The van der Waals surface area contributed by atoms with Crippen LogP contribution in [0.5, 0.6) is 5.75 Å². The van der Waals surface area contributed by atoms with Crippen molar-refractivity contribution in [3.05, 3.63) is 84.4 Å². The monoisotopic (exact) mass is 479 g/mol. The number of sulfonamides is 1. The van der Waals surface area contributed by atoms with Gasteiger partial charge in [-0.05, 0) is 55.8 Å². The number of rotatable bonds is 8. The first-order valence-electron chi connectivity index (χ1n) is 11.4. The molecule has 3 aromatic carbocycles. The van der Waals surface area contributed by atoms with E-state index in [1.54, 1.807) is 54.6 Å². The summed E-state index contributed by atoms with van der Waals surface area (Å²) < 4.78 is 33.9. The van der Waals surface area contributed by atoms with Crippen LogP contribution in [0.25, 0.3) is 0 Å². The average Bonchev–Trinajstić information content (AvgIpc) is 2.88. The molecule has 0 aliphatic carbocycles. The number of fused-ring (bicyclic) bond motifs is 1. The minimum Gasteiger partial charge on any atom is -0.476 e. The van der Waals surface area contributed by atoms with Gasteiger partial charge in [0.2, 0.25) is 0 Å². The highest BCUT2D eigenvalue weighted by molar-refractivity contribution is 7.92. The third-order valence-electron chi connectivity index (χ3n) is 5.89. The van der Waals surface area contributed by atoms with Crippen molar-refractivity contribution in [2.75, 3.05) is 28.8 Å². The molecule has 1 aliphatic rings. The highest BCUT2D eigenvalue weighted by Crippen LogP contribution is 2.36. The van der Waals surface area contributed by atoms with Gasteiger partial charge >= 0.3 is 0 Å². The quantitative estimate of drug-likeness (QED) is 0.532. The van der Waals surface area contributed by atoms with Gasteiger partial charge in [0.05, 0.1) is 17.1 Å². The smallest absolute Gasteiger partial charge is 0.264 e. The van der Waals surface area contributed by atoms with Crippen LogP contribution < -0.4 is 19.3 Å². The Hall–Kier alpha value is -3.52.